The number of oxazole rings is 1. The SMILES string of the molecule is Cc1cc(C)c(-c2cc(-c3cccc(-c4cc(C)cc5c(C)ccnc45)c3)c3nc(-c4ccccc4O)oc3c2)c(C)c1. The maximum atomic E-state index is 10.6. The maximum absolute atomic E-state index is 10.6. The summed E-state index contributed by atoms with van der Waals surface area (Å²) in [5.41, 5.74) is 15.5. The second-order valence-corrected chi connectivity index (χ2v) is 11.6. The number of phenolic OH excluding ortho intramolecular Hbond substituents is 1. The van der Waals surface area contributed by atoms with Gasteiger partial charge >= 0.3 is 0 Å². The molecule has 210 valence electrons. The van der Waals surface area contributed by atoms with Gasteiger partial charge in [0, 0.05) is 22.7 Å². The van der Waals surface area contributed by atoms with Gasteiger partial charge in [-0.25, -0.2) is 4.98 Å². The lowest BCUT2D eigenvalue weighted by Crippen LogP contribution is -1.92. The lowest BCUT2D eigenvalue weighted by Gasteiger charge is -2.14. The van der Waals surface area contributed by atoms with Crippen LogP contribution < -0.4 is 0 Å². The first-order valence-corrected chi connectivity index (χ1v) is 14.5. The van der Waals surface area contributed by atoms with E-state index in [1.807, 2.05) is 18.3 Å². The summed E-state index contributed by atoms with van der Waals surface area (Å²) in [6.45, 7) is 10.7. The third kappa shape index (κ3) is 4.65. The van der Waals surface area contributed by atoms with Crippen molar-refractivity contribution in [3.8, 4) is 50.6 Å². The molecule has 0 aliphatic rings. The standard InChI is InChI=1S/C39H32N2O2/c1-22-15-25(4)36(26(5)16-22)29-20-33(38-35(21-29)43-39(41-38)30-11-6-7-12-34(30)42)28-10-8-9-27(19-28)32-18-23(2)17-31-24(3)13-14-40-37(31)32/h6-21,42H,1-5H3. The minimum atomic E-state index is 0.136. The Bertz CT molecular complexity index is 2180. The van der Waals surface area contributed by atoms with Crippen LogP contribution in [0, 0.1) is 34.6 Å². The zero-order chi connectivity index (χ0) is 29.8. The molecule has 0 aliphatic carbocycles. The number of rotatable bonds is 4. The van der Waals surface area contributed by atoms with E-state index in [0.29, 0.717) is 17.0 Å². The fraction of sp³-hybridized carbons (Fsp3) is 0.128. The Hall–Kier alpha value is -5.22. The lowest BCUT2D eigenvalue weighted by atomic mass is 9.90. The molecule has 1 N–H and O–H groups in total. The molecule has 0 radical (unpaired) electrons. The number of hydrogen-bond acceptors (Lipinski definition) is 4. The van der Waals surface area contributed by atoms with E-state index in [1.54, 1.807) is 12.1 Å². The molecule has 7 rings (SSSR count). The van der Waals surface area contributed by atoms with Crippen molar-refractivity contribution in [1.82, 2.24) is 9.97 Å². The van der Waals surface area contributed by atoms with Crippen LogP contribution in [-0.4, -0.2) is 15.1 Å². The quantitative estimate of drug-likeness (QED) is 0.233. The van der Waals surface area contributed by atoms with Crippen LogP contribution in [0.2, 0.25) is 0 Å². The van der Waals surface area contributed by atoms with Gasteiger partial charge in [-0.3, -0.25) is 4.98 Å². The number of aromatic nitrogens is 2. The average molecular weight is 561 g/mol. The number of nitrogens with zero attached hydrogens (tertiary/aromatic N) is 2. The van der Waals surface area contributed by atoms with Crippen molar-refractivity contribution >= 4 is 22.0 Å². The largest absolute Gasteiger partial charge is 0.507 e. The van der Waals surface area contributed by atoms with Crippen LogP contribution in [0.15, 0.2) is 102 Å². The molecule has 2 heterocycles. The smallest absolute Gasteiger partial charge is 0.231 e. The van der Waals surface area contributed by atoms with Gasteiger partial charge in [0.2, 0.25) is 5.89 Å². The first kappa shape index (κ1) is 26.7. The van der Waals surface area contributed by atoms with E-state index in [2.05, 4.69) is 101 Å². The van der Waals surface area contributed by atoms with E-state index in [0.717, 1.165) is 38.9 Å². The second-order valence-electron chi connectivity index (χ2n) is 11.6. The third-order valence-electron chi connectivity index (χ3n) is 8.29. The van der Waals surface area contributed by atoms with Gasteiger partial charge in [0.15, 0.2) is 5.58 Å². The number of aryl methyl sites for hydroxylation is 5. The van der Waals surface area contributed by atoms with Gasteiger partial charge in [-0.1, -0.05) is 48.0 Å². The molecule has 0 amide bonds. The second kappa shape index (κ2) is 10.2. The molecule has 0 saturated heterocycles. The monoisotopic (exact) mass is 560 g/mol. The summed E-state index contributed by atoms with van der Waals surface area (Å²) in [5.74, 6) is 0.529. The van der Waals surface area contributed by atoms with Crippen LogP contribution in [-0.2, 0) is 0 Å². The van der Waals surface area contributed by atoms with E-state index in [4.69, 9.17) is 14.4 Å². The van der Waals surface area contributed by atoms with Crippen molar-refractivity contribution in [1.29, 1.82) is 0 Å². The van der Waals surface area contributed by atoms with Crippen molar-refractivity contribution in [2.24, 2.45) is 0 Å². The molecule has 0 atom stereocenters. The Balaban J connectivity index is 1.49. The Morgan fingerprint density at radius 1 is 0.581 bits per heavy atom. The van der Waals surface area contributed by atoms with Crippen molar-refractivity contribution in [2.75, 3.05) is 0 Å². The molecule has 2 aromatic heterocycles. The summed E-state index contributed by atoms with van der Waals surface area (Å²) in [5, 5.41) is 11.8. The van der Waals surface area contributed by atoms with Crippen LogP contribution in [0.4, 0.5) is 0 Å². The van der Waals surface area contributed by atoms with E-state index < -0.39 is 0 Å². The van der Waals surface area contributed by atoms with E-state index in [9.17, 15) is 5.11 Å². The van der Waals surface area contributed by atoms with E-state index in [1.165, 1.54) is 38.8 Å². The Kier molecular flexibility index (Phi) is 6.36. The highest BCUT2D eigenvalue weighted by Gasteiger charge is 2.19. The summed E-state index contributed by atoms with van der Waals surface area (Å²) in [6, 6.07) is 31.0. The molecule has 0 unspecified atom stereocenters. The molecule has 0 bridgehead atoms. The number of benzene rings is 5. The Labute approximate surface area is 251 Å². The van der Waals surface area contributed by atoms with Gasteiger partial charge in [-0.05, 0) is 128 Å². The fourth-order valence-corrected chi connectivity index (χ4v) is 6.41. The van der Waals surface area contributed by atoms with Crippen LogP contribution in [0.5, 0.6) is 5.75 Å². The molecule has 0 spiro atoms. The molecule has 0 fully saturated rings. The highest BCUT2D eigenvalue weighted by molar-refractivity contribution is 6.00. The fourth-order valence-electron chi connectivity index (χ4n) is 6.41. The van der Waals surface area contributed by atoms with Crippen LogP contribution >= 0.6 is 0 Å². The predicted octanol–water partition coefficient (Wildman–Crippen LogP) is 10.3. The van der Waals surface area contributed by atoms with Crippen LogP contribution in [0.25, 0.3) is 66.8 Å². The van der Waals surface area contributed by atoms with Crippen molar-refractivity contribution in [3.63, 3.8) is 0 Å². The Morgan fingerprint density at radius 3 is 2.02 bits per heavy atom. The molecule has 4 heteroatoms. The highest BCUT2D eigenvalue weighted by atomic mass is 16.3. The van der Waals surface area contributed by atoms with Crippen molar-refractivity contribution in [2.45, 2.75) is 34.6 Å². The van der Waals surface area contributed by atoms with Gasteiger partial charge in [0.1, 0.15) is 11.3 Å². The number of aromatic hydroxyl groups is 1. The van der Waals surface area contributed by atoms with Crippen LogP contribution in [0.3, 0.4) is 0 Å². The molecular weight excluding hydrogens is 528 g/mol. The predicted molar refractivity (Wildman–Crippen MR) is 176 cm³/mol. The normalized spacial score (nSPS) is 11.5. The van der Waals surface area contributed by atoms with Gasteiger partial charge in [-0.2, -0.15) is 0 Å². The van der Waals surface area contributed by atoms with Crippen molar-refractivity contribution < 1.29 is 9.52 Å². The summed E-state index contributed by atoms with van der Waals surface area (Å²) in [7, 11) is 0. The summed E-state index contributed by atoms with van der Waals surface area (Å²) in [4.78, 5) is 9.74. The number of pyridine rings is 1. The summed E-state index contributed by atoms with van der Waals surface area (Å²) in [6.07, 6.45) is 1.88. The molecule has 43 heavy (non-hydrogen) atoms. The average Bonchev–Trinajstić information content (AvgIpc) is 3.41. The number of para-hydroxylation sites is 1. The first-order valence-electron chi connectivity index (χ1n) is 14.5. The minimum Gasteiger partial charge on any atom is -0.507 e. The zero-order valence-electron chi connectivity index (χ0n) is 25.0. The number of phenols is 1. The summed E-state index contributed by atoms with van der Waals surface area (Å²) >= 11 is 0. The van der Waals surface area contributed by atoms with Crippen molar-refractivity contribution in [3.05, 3.63) is 125 Å². The van der Waals surface area contributed by atoms with Crippen LogP contribution in [0.1, 0.15) is 27.8 Å². The zero-order valence-corrected chi connectivity index (χ0v) is 25.0. The van der Waals surface area contributed by atoms with E-state index >= 15 is 0 Å². The summed E-state index contributed by atoms with van der Waals surface area (Å²) < 4.78 is 6.38. The van der Waals surface area contributed by atoms with Gasteiger partial charge in [0.05, 0.1) is 11.1 Å². The molecule has 5 aromatic carbocycles. The minimum absolute atomic E-state index is 0.136. The topological polar surface area (TPSA) is 59.2 Å². The highest BCUT2D eigenvalue weighted by Crippen LogP contribution is 2.41. The van der Waals surface area contributed by atoms with Gasteiger partial charge in [-0.15, -0.1) is 0 Å². The Morgan fingerprint density at radius 2 is 1.28 bits per heavy atom. The molecular formula is C39H32N2O2. The van der Waals surface area contributed by atoms with E-state index in [-0.39, 0.29) is 5.75 Å². The van der Waals surface area contributed by atoms with Gasteiger partial charge in [0.25, 0.3) is 0 Å². The maximum Gasteiger partial charge on any atom is 0.231 e. The number of fused-ring (bicyclic) bond motifs is 2. The van der Waals surface area contributed by atoms with Gasteiger partial charge < -0.3 is 9.52 Å². The molecule has 0 aliphatic heterocycles. The molecule has 4 nitrogen and oxygen atoms in total. The molecule has 7 aromatic rings. The third-order valence-corrected chi connectivity index (χ3v) is 8.29. The first-order chi connectivity index (χ1) is 20.8. The lowest BCUT2D eigenvalue weighted by molar-refractivity contribution is 0.474. The number of hydrogen-bond donors (Lipinski definition) is 1. The molecule has 0 saturated carbocycles.